The van der Waals surface area contributed by atoms with Crippen molar-refractivity contribution in [2.75, 3.05) is 4.90 Å². The van der Waals surface area contributed by atoms with E-state index in [9.17, 15) is 0 Å². The van der Waals surface area contributed by atoms with Crippen molar-refractivity contribution in [3.8, 4) is 27.9 Å². The van der Waals surface area contributed by atoms with Crippen molar-refractivity contribution in [2.45, 2.75) is 0 Å². The lowest BCUT2D eigenvalue weighted by Gasteiger charge is -2.30. The largest absolute Gasteiger partial charge is 0.309 e. The normalized spacial score (nSPS) is 11.7. The molecule has 11 rings (SSSR count). The molecular formula is C56H37FN2. The second-order valence-electron chi connectivity index (χ2n) is 15.0. The highest BCUT2D eigenvalue weighted by atomic mass is 19.1. The van der Waals surface area contributed by atoms with E-state index in [1.165, 1.54) is 32.6 Å². The number of hydrogen-bond donors (Lipinski definition) is 0. The molecule has 0 N–H and O–H groups in total. The summed E-state index contributed by atoms with van der Waals surface area (Å²) in [6.45, 7) is 0. The zero-order valence-corrected chi connectivity index (χ0v) is 32.1. The maximum absolute atomic E-state index is 17.2. The van der Waals surface area contributed by atoms with Crippen LogP contribution in [-0.2, 0) is 0 Å². The van der Waals surface area contributed by atoms with Crippen LogP contribution in [0.5, 0.6) is 0 Å². The fourth-order valence-corrected chi connectivity index (χ4v) is 8.96. The number of fused-ring (bicyclic) bond motifs is 1. The molecule has 0 spiro atoms. The number of halogens is 1. The predicted octanol–water partition coefficient (Wildman–Crippen LogP) is 15.6. The number of benzene rings is 10. The molecule has 0 fully saturated rings. The van der Waals surface area contributed by atoms with Crippen LogP contribution < -0.4 is 4.90 Å². The van der Waals surface area contributed by atoms with E-state index in [1.807, 2.05) is 66.7 Å². The highest BCUT2D eigenvalue weighted by Crippen LogP contribution is 2.47. The Morgan fingerprint density at radius 2 is 1.03 bits per heavy atom. The molecule has 59 heavy (non-hydrogen) atoms. The molecule has 3 heteroatoms. The summed E-state index contributed by atoms with van der Waals surface area (Å²) in [5.41, 5.74) is 11.6. The summed E-state index contributed by atoms with van der Waals surface area (Å²) in [6, 6.07) is 73.1. The zero-order valence-electron chi connectivity index (χ0n) is 32.1. The molecule has 0 unspecified atom stereocenters. The van der Waals surface area contributed by atoms with E-state index in [2.05, 4.69) is 161 Å². The second kappa shape index (κ2) is 14.3. The Balaban J connectivity index is 1.07. The maximum atomic E-state index is 17.2. The van der Waals surface area contributed by atoms with Gasteiger partial charge in [0.1, 0.15) is 5.82 Å². The summed E-state index contributed by atoms with van der Waals surface area (Å²) in [6.07, 6.45) is 4.46. The van der Waals surface area contributed by atoms with Gasteiger partial charge in [0.15, 0.2) is 0 Å². The Kier molecular flexibility index (Phi) is 8.37. The van der Waals surface area contributed by atoms with Crippen LogP contribution in [0.3, 0.4) is 0 Å². The van der Waals surface area contributed by atoms with Crippen LogP contribution >= 0.6 is 0 Å². The molecule has 0 radical (unpaired) electrons. The standard InChI is InChI=1S/C56H37FN2/c57-50-37-43(38-16-5-1-6-17-38)36-49(39-18-7-2-8-19-39)56(50)59(45-23-11-4-12-24-45)51-34-31-40(46-25-13-14-26-48(46)51)28-29-41-32-35-53-55-47(41)33-30-42-20-15-27-52(54(42)55)58(53)44-21-9-3-10-22-44/h1-37H. The summed E-state index contributed by atoms with van der Waals surface area (Å²) in [7, 11) is 0. The molecule has 0 amide bonds. The van der Waals surface area contributed by atoms with Gasteiger partial charge in [0, 0.05) is 33.1 Å². The van der Waals surface area contributed by atoms with Gasteiger partial charge in [0.05, 0.1) is 22.4 Å². The van der Waals surface area contributed by atoms with Gasteiger partial charge in [-0.1, -0.05) is 170 Å². The number of rotatable bonds is 8. The van der Waals surface area contributed by atoms with Crippen LogP contribution in [0.4, 0.5) is 21.5 Å². The molecule has 1 aromatic heterocycles. The molecule has 0 saturated heterocycles. The third-order valence-corrected chi connectivity index (χ3v) is 11.6. The molecule has 0 aliphatic carbocycles. The Labute approximate surface area is 342 Å². The quantitative estimate of drug-likeness (QED) is 0.111. The lowest BCUT2D eigenvalue weighted by atomic mass is 9.94. The number of aromatic nitrogens is 1. The lowest BCUT2D eigenvalue weighted by molar-refractivity contribution is 0.630. The average Bonchev–Trinajstić information content (AvgIpc) is 3.65. The van der Waals surface area contributed by atoms with Crippen molar-refractivity contribution in [3.05, 3.63) is 229 Å². The molecule has 0 atom stereocenters. The highest BCUT2D eigenvalue weighted by Gasteiger charge is 2.25. The van der Waals surface area contributed by atoms with Crippen LogP contribution in [0, 0.1) is 5.82 Å². The summed E-state index contributed by atoms with van der Waals surface area (Å²) in [4.78, 5) is 2.09. The number of para-hydroxylation sites is 2. The van der Waals surface area contributed by atoms with Crippen molar-refractivity contribution in [1.82, 2.24) is 4.57 Å². The summed E-state index contributed by atoms with van der Waals surface area (Å²) < 4.78 is 19.6. The van der Waals surface area contributed by atoms with Crippen molar-refractivity contribution >= 4 is 72.6 Å². The molecule has 2 nitrogen and oxygen atoms in total. The van der Waals surface area contributed by atoms with Gasteiger partial charge in [-0.15, -0.1) is 0 Å². The van der Waals surface area contributed by atoms with Gasteiger partial charge in [0.2, 0.25) is 0 Å². The number of hydrogen-bond acceptors (Lipinski definition) is 1. The molecule has 0 aliphatic rings. The predicted molar refractivity (Wildman–Crippen MR) is 248 cm³/mol. The van der Waals surface area contributed by atoms with Gasteiger partial charge in [-0.3, -0.25) is 0 Å². The summed E-state index contributed by atoms with van der Waals surface area (Å²) in [5.74, 6) is -0.295. The van der Waals surface area contributed by atoms with Crippen LogP contribution in [0.1, 0.15) is 11.1 Å². The first-order valence-electron chi connectivity index (χ1n) is 20.0. The Morgan fingerprint density at radius 1 is 0.424 bits per heavy atom. The van der Waals surface area contributed by atoms with E-state index in [0.29, 0.717) is 5.69 Å². The Bertz CT molecular complexity index is 3310. The van der Waals surface area contributed by atoms with Crippen molar-refractivity contribution in [1.29, 1.82) is 0 Å². The minimum Gasteiger partial charge on any atom is -0.309 e. The average molecular weight is 757 g/mol. The molecule has 278 valence electrons. The molecule has 0 aliphatic heterocycles. The zero-order chi connectivity index (χ0) is 39.3. The van der Waals surface area contributed by atoms with Gasteiger partial charge in [0.25, 0.3) is 0 Å². The first-order chi connectivity index (χ1) is 29.2. The van der Waals surface area contributed by atoms with Gasteiger partial charge in [-0.05, 0) is 98.6 Å². The van der Waals surface area contributed by atoms with Gasteiger partial charge >= 0.3 is 0 Å². The van der Waals surface area contributed by atoms with Crippen LogP contribution in [0.2, 0.25) is 0 Å². The van der Waals surface area contributed by atoms with E-state index in [1.54, 1.807) is 6.07 Å². The van der Waals surface area contributed by atoms with Crippen LogP contribution in [-0.4, -0.2) is 4.57 Å². The fraction of sp³-hybridized carbons (Fsp3) is 0. The first kappa shape index (κ1) is 34.5. The third kappa shape index (κ3) is 5.86. The topological polar surface area (TPSA) is 8.17 Å². The van der Waals surface area contributed by atoms with E-state index < -0.39 is 0 Å². The van der Waals surface area contributed by atoms with Gasteiger partial charge in [-0.25, -0.2) is 4.39 Å². The van der Waals surface area contributed by atoms with E-state index in [4.69, 9.17) is 0 Å². The van der Waals surface area contributed by atoms with Gasteiger partial charge < -0.3 is 9.47 Å². The first-order valence-corrected chi connectivity index (χ1v) is 20.0. The van der Waals surface area contributed by atoms with E-state index in [0.717, 1.165) is 61.2 Å². The number of nitrogens with zero attached hydrogens (tertiary/aromatic N) is 2. The molecule has 10 aromatic carbocycles. The molecule has 11 aromatic rings. The minimum absolute atomic E-state index is 0.295. The molecule has 0 saturated carbocycles. The fourth-order valence-electron chi connectivity index (χ4n) is 8.96. The third-order valence-electron chi connectivity index (χ3n) is 11.6. The van der Waals surface area contributed by atoms with E-state index in [-0.39, 0.29) is 5.82 Å². The van der Waals surface area contributed by atoms with Crippen molar-refractivity contribution in [2.24, 2.45) is 0 Å². The van der Waals surface area contributed by atoms with Crippen molar-refractivity contribution in [3.63, 3.8) is 0 Å². The maximum Gasteiger partial charge on any atom is 0.148 e. The molecular weight excluding hydrogens is 720 g/mol. The summed E-state index contributed by atoms with van der Waals surface area (Å²) in [5, 5.41) is 7.12. The second-order valence-corrected chi connectivity index (χ2v) is 15.0. The Morgan fingerprint density at radius 3 is 1.78 bits per heavy atom. The van der Waals surface area contributed by atoms with Gasteiger partial charge in [-0.2, -0.15) is 0 Å². The molecule has 1 heterocycles. The lowest BCUT2D eigenvalue weighted by Crippen LogP contribution is -2.14. The number of anilines is 3. The monoisotopic (exact) mass is 756 g/mol. The summed E-state index contributed by atoms with van der Waals surface area (Å²) >= 11 is 0. The Hall–Kier alpha value is -7.75. The molecule has 0 bridgehead atoms. The van der Waals surface area contributed by atoms with Crippen molar-refractivity contribution < 1.29 is 4.39 Å². The highest BCUT2D eigenvalue weighted by molar-refractivity contribution is 6.25. The minimum atomic E-state index is -0.295. The van der Waals surface area contributed by atoms with Crippen LogP contribution in [0.25, 0.3) is 83.4 Å². The van der Waals surface area contributed by atoms with Crippen LogP contribution in [0.15, 0.2) is 212 Å². The SMILES string of the molecule is Fc1cc(-c2ccccc2)cc(-c2ccccc2)c1N(c1ccccc1)c1ccc(C=Cc2ccc3c4c2ccc2cccc(c24)n3-c2ccccc2)c2ccccc12. The smallest absolute Gasteiger partial charge is 0.148 e. The van der Waals surface area contributed by atoms with E-state index >= 15 is 4.39 Å².